The molecular formula is C23H23N3O3. The molecule has 0 radical (unpaired) electrons. The maximum absolute atomic E-state index is 11.7. The van der Waals surface area contributed by atoms with E-state index in [1.165, 1.54) is 0 Å². The minimum absolute atomic E-state index is 0.0217. The van der Waals surface area contributed by atoms with E-state index in [-0.39, 0.29) is 12.0 Å². The van der Waals surface area contributed by atoms with Gasteiger partial charge in [-0.1, -0.05) is 12.1 Å². The summed E-state index contributed by atoms with van der Waals surface area (Å²) in [6.07, 6.45) is 5.45. The summed E-state index contributed by atoms with van der Waals surface area (Å²) in [5.41, 5.74) is 4.83. The highest BCUT2D eigenvalue weighted by molar-refractivity contribution is 5.77. The number of carbonyl (C=O) groups is 1. The average Bonchev–Trinajstić information content (AvgIpc) is 2.79. The van der Waals surface area contributed by atoms with E-state index in [4.69, 9.17) is 9.84 Å². The lowest BCUT2D eigenvalue weighted by molar-refractivity contribution is -0.135. The van der Waals surface area contributed by atoms with Crippen molar-refractivity contribution in [1.82, 2.24) is 10.2 Å². The summed E-state index contributed by atoms with van der Waals surface area (Å²) >= 11 is 0. The zero-order valence-electron chi connectivity index (χ0n) is 16.1. The first-order chi connectivity index (χ1) is 14.2. The Kier molecular flexibility index (Phi) is 5.50. The van der Waals surface area contributed by atoms with Crippen molar-refractivity contribution < 1.29 is 14.6 Å². The number of amides is 1. The summed E-state index contributed by atoms with van der Waals surface area (Å²) in [6, 6.07) is 13.9. The zero-order chi connectivity index (χ0) is 20.2. The van der Waals surface area contributed by atoms with Gasteiger partial charge in [0.05, 0.1) is 11.6 Å². The number of rotatable bonds is 4. The fraction of sp³-hybridized carbons (Fsp3) is 0.304. The smallest absolute Gasteiger partial charge is 0.248 e. The summed E-state index contributed by atoms with van der Waals surface area (Å²) in [7, 11) is 0. The maximum Gasteiger partial charge on any atom is 0.248 e. The van der Waals surface area contributed by atoms with Crippen molar-refractivity contribution in [1.29, 1.82) is 5.26 Å². The molecule has 1 fully saturated rings. The molecule has 29 heavy (non-hydrogen) atoms. The Bertz CT molecular complexity index is 985. The number of fused-ring (bicyclic) bond motifs is 1. The van der Waals surface area contributed by atoms with Crippen LogP contribution in [0.25, 0.3) is 17.2 Å². The zero-order valence-corrected chi connectivity index (χ0v) is 16.1. The van der Waals surface area contributed by atoms with Gasteiger partial charge in [0.1, 0.15) is 18.5 Å². The highest BCUT2D eigenvalue weighted by atomic mass is 16.5. The molecule has 0 spiro atoms. The minimum Gasteiger partial charge on any atom is -0.490 e. The van der Waals surface area contributed by atoms with Crippen molar-refractivity contribution in [2.45, 2.75) is 25.5 Å². The van der Waals surface area contributed by atoms with Crippen molar-refractivity contribution in [3.63, 3.8) is 0 Å². The fourth-order valence-corrected chi connectivity index (χ4v) is 3.86. The number of nitriles is 1. The molecule has 148 valence electrons. The second-order valence-corrected chi connectivity index (χ2v) is 7.31. The first-order valence-corrected chi connectivity index (χ1v) is 9.80. The van der Waals surface area contributed by atoms with Gasteiger partial charge in [-0.3, -0.25) is 4.79 Å². The average molecular weight is 389 g/mol. The lowest BCUT2D eigenvalue weighted by Crippen LogP contribution is -2.43. The SMILES string of the molecule is N#Cc1cccc(-c2cc3c(c(OC4CCN(C(=O)CO)CC4)c2)CNC=C3)c1. The molecule has 2 aromatic carbocycles. The number of hydrogen-bond donors (Lipinski definition) is 2. The van der Waals surface area contributed by atoms with Gasteiger partial charge in [0.25, 0.3) is 0 Å². The number of aliphatic hydroxyl groups is 1. The van der Waals surface area contributed by atoms with Crippen LogP contribution in [-0.4, -0.2) is 41.7 Å². The summed E-state index contributed by atoms with van der Waals surface area (Å²) in [6.45, 7) is 1.44. The first kappa shape index (κ1) is 19.0. The molecule has 0 aromatic heterocycles. The van der Waals surface area contributed by atoms with E-state index in [9.17, 15) is 10.1 Å². The van der Waals surface area contributed by atoms with Crippen LogP contribution in [0.15, 0.2) is 42.6 Å². The number of nitrogens with zero attached hydrogens (tertiary/aromatic N) is 2. The van der Waals surface area contributed by atoms with Crippen LogP contribution in [0.4, 0.5) is 0 Å². The van der Waals surface area contributed by atoms with Gasteiger partial charge in [-0.2, -0.15) is 5.26 Å². The number of hydrogen-bond acceptors (Lipinski definition) is 5. The molecule has 2 heterocycles. The van der Waals surface area contributed by atoms with Crippen LogP contribution in [-0.2, 0) is 11.3 Å². The van der Waals surface area contributed by atoms with Crippen molar-refractivity contribution in [3.05, 3.63) is 59.3 Å². The monoisotopic (exact) mass is 389 g/mol. The molecule has 0 saturated carbocycles. The number of aliphatic hydroxyl groups excluding tert-OH is 1. The van der Waals surface area contributed by atoms with Crippen LogP contribution in [0.3, 0.4) is 0 Å². The van der Waals surface area contributed by atoms with E-state index in [1.807, 2.05) is 36.5 Å². The third kappa shape index (κ3) is 4.10. The van der Waals surface area contributed by atoms with Gasteiger partial charge < -0.3 is 20.1 Å². The summed E-state index contributed by atoms with van der Waals surface area (Å²) in [4.78, 5) is 13.4. The summed E-state index contributed by atoms with van der Waals surface area (Å²) in [5, 5.41) is 21.5. The second-order valence-electron chi connectivity index (χ2n) is 7.31. The van der Waals surface area contributed by atoms with Gasteiger partial charge in [-0.05, 0) is 53.2 Å². The van der Waals surface area contributed by atoms with E-state index in [0.717, 1.165) is 40.8 Å². The fourth-order valence-electron chi connectivity index (χ4n) is 3.86. The predicted molar refractivity (Wildman–Crippen MR) is 110 cm³/mol. The van der Waals surface area contributed by atoms with Crippen molar-refractivity contribution in [2.75, 3.05) is 19.7 Å². The van der Waals surface area contributed by atoms with Gasteiger partial charge in [-0.25, -0.2) is 0 Å². The lowest BCUT2D eigenvalue weighted by atomic mass is 9.95. The lowest BCUT2D eigenvalue weighted by Gasteiger charge is -2.32. The molecule has 6 nitrogen and oxygen atoms in total. The van der Waals surface area contributed by atoms with Gasteiger partial charge in [0.2, 0.25) is 5.91 Å². The highest BCUT2D eigenvalue weighted by Crippen LogP contribution is 2.34. The first-order valence-electron chi connectivity index (χ1n) is 9.80. The molecule has 0 atom stereocenters. The Morgan fingerprint density at radius 1 is 1.24 bits per heavy atom. The molecule has 0 unspecified atom stereocenters. The van der Waals surface area contributed by atoms with E-state index < -0.39 is 6.61 Å². The van der Waals surface area contributed by atoms with Crippen LogP contribution in [0.1, 0.15) is 29.5 Å². The molecule has 2 aromatic rings. The molecule has 0 aliphatic carbocycles. The number of nitrogens with one attached hydrogen (secondary N) is 1. The quantitative estimate of drug-likeness (QED) is 0.840. The number of ether oxygens (including phenoxy) is 1. The molecule has 1 saturated heterocycles. The van der Waals surface area contributed by atoms with Crippen molar-refractivity contribution >= 4 is 12.0 Å². The normalized spacial score (nSPS) is 15.9. The van der Waals surface area contributed by atoms with E-state index in [0.29, 0.717) is 25.2 Å². The van der Waals surface area contributed by atoms with Crippen LogP contribution >= 0.6 is 0 Å². The Labute approximate surface area is 170 Å². The van der Waals surface area contributed by atoms with Crippen LogP contribution in [0.2, 0.25) is 0 Å². The van der Waals surface area contributed by atoms with Crippen LogP contribution < -0.4 is 10.1 Å². The number of benzene rings is 2. The third-order valence-electron chi connectivity index (χ3n) is 5.45. The van der Waals surface area contributed by atoms with Crippen LogP contribution in [0, 0.1) is 11.3 Å². The number of piperidine rings is 1. The molecule has 2 aliphatic rings. The number of carbonyl (C=O) groups excluding carboxylic acids is 1. The van der Waals surface area contributed by atoms with Crippen molar-refractivity contribution in [2.24, 2.45) is 0 Å². The van der Waals surface area contributed by atoms with Crippen molar-refractivity contribution in [3.8, 4) is 22.9 Å². The third-order valence-corrected chi connectivity index (χ3v) is 5.45. The molecule has 6 heteroatoms. The van der Waals surface area contributed by atoms with Gasteiger partial charge in [0.15, 0.2) is 0 Å². The summed E-state index contributed by atoms with van der Waals surface area (Å²) in [5.74, 6) is 0.609. The molecule has 2 aliphatic heterocycles. The Morgan fingerprint density at radius 3 is 2.83 bits per heavy atom. The Morgan fingerprint density at radius 2 is 2.07 bits per heavy atom. The second kappa shape index (κ2) is 8.38. The Balaban J connectivity index is 1.60. The van der Waals surface area contributed by atoms with E-state index >= 15 is 0 Å². The highest BCUT2D eigenvalue weighted by Gasteiger charge is 2.25. The predicted octanol–water partition coefficient (Wildman–Crippen LogP) is 2.66. The van der Waals surface area contributed by atoms with E-state index in [2.05, 4.69) is 17.5 Å². The van der Waals surface area contributed by atoms with Crippen LogP contribution in [0.5, 0.6) is 5.75 Å². The largest absolute Gasteiger partial charge is 0.490 e. The topological polar surface area (TPSA) is 85.6 Å². The molecule has 4 rings (SSSR count). The Hall–Kier alpha value is -3.30. The molecule has 1 amide bonds. The molecule has 0 bridgehead atoms. The van der Waals surface area contributed by atoms with Gasteiger partial charge >= 0.3 is 0 Å². The summed E-state index contributed by atoms with van der Waals surface area (Å²) < 4.78 is 6.39. The standard InChI is InChI=1S/C23H23N3O3/c24-13-16-2-1-3-17(10-16)19-11-18-4-7-25-14-21(18)22(12-19)29-20-5-8-26(9-6-20)23(28)15-27/h1-4,7,10-12,20,25,27H,5-6,8-9,14-15H2. The minimum atomic E-state index is -0.444. The van der Waals surface area contributed by atoms with E-state index in [1.54, 1.807) is 11.0 Å². The van der Waals surface area contributed by atoms with Gasteiger partial charge in [0, 0.05) is 38.0 Å². The molecule has 2 N–H and O–H groups in total. The maximum atomic E-state index is 11.7. The van der Waals surface area contributed by atoms with Gasteiger partial charge in [-0.15, -0.1) is 0 Å². The number of likely N-dealkylation sites (tertiary alicyclic amines) is 1. The molecular weight excluding hydrogens is 366 g/mol.